The minimum Gasteiger partial charge on any atom is -0.310 e. The summed E-state index contributed by atoms with van der Waals surface area (Å²) in [6.07, 6.45) is 0. The van der Waals surface area contributed by atoms with Crippen molar-refractivity contribution in [2.75, 3.05) is 4.90 Å². The van der Waals surface area contributed by atoms with Crippen LogP contribution in [0, 0.1) is 0 Å². The zero-order valence-electron chi connectivity index (χ0n) is 37.8. The van der Waals surface area contributed by atoms with E-state index in [1.54, 1.807) is 0 Å². The molecule has 0 heterocycles. The first-order chi connectivity index (χ1) is 32.2. The van der Waals surface area contributed by atoms with Crippen LogP contribution < -0.4 is 4.90 Å². The Kier molecular flexibility index (Phi) is 8.28. The van der Waals surface area contributed by atoms with Crippen LogP contribution in [0.2, 0.25) is 0 Å². The minimum absolute atomic E-state index is 0.106. The Bertz CT molecular complexity index is 3540. The van der Waals surface area contributed by atoms with Gasteiger partial charge in [0.1, 0.15) is 0 Å². The first-order valence-electron chi connectivity index (χ1n) is 23.4. The van der Waals surface area contributed by atoms with E-state index in [-0.39, 0.29) is 10.8 Å². The molecular weight excluding hydrogens is 795 g/mol. The molecule has 1 spiro atoms. The van der Waals surface area contributed by atoms with Crippen LogP contribution in [0.5, 0.6) is 0 Å². The molecular formula is C65H49N. The number of anilines is 3. The molecule has 3 aliphatic rings. The minimum atomic E-state index is -0.422. The maximum absolute atomic E-state index is 2.51. The maximum Gasteiger partial charge on any atom is 0.0719 e. The second kappa shape index (κ2) is 14.1. The lowest BCUT2D eigenvalue weighted by Crippen LogP contribution is -2.40. The van der Waals surface area contributed by atoms with Crippen LogP contribution >= 0.6 is 0 Å². The third kappa shape index (κ3) is 5.41. The van der Waals surface area contributed by atoms with Crippen molar-refractivity contribution in [3.63, 3.8) is 0 Å². The largest absolute Gasteiger partial charge is 0.310 e. The molecule has 10 aromatic carbocycles. The smallest absolute Gasteiger partial charge is 0.0719 e. The topological polar surface area (TPSA) is 3.24 Å². The molecule has 0 saturated heterocycles. The van der Waals surface area contributed by atoms with Crippen molar-refractivity contribution in [2.45, 2.75) is 43.9 Å². The number of benzene rings is 10. The molecule has 314 valence electrons. The quantitative estimate of drug-likeness (QED) is 0.167. The van der Waals surface area contributed by atoms with E-state index in [0.29, 0.717) is 0 Å². The van der Waals surface area contributed by atoms with Gasteiger partial charge in [-0.05, 0) is 148 Å². The summed E-state index contributed by atoms with van der Waals surface area (Å²) < 4.78 is 0. The second-order valence-electron chi connectivity index (χ2n) is 19.7. The lowest BCUT2D eigenvalue weighted by molar-refractivity contribution is 0.563. The van der Waals surface area contributed by atoms with Crippen molar-refractivity contribution in [3.8, 4) is 44.5 Å². The van der Waals surface area contributed by atoms with Gasteiger partial charge in [-0.15, -0.1) is 0 Å². The Morgan fingerprint density at radius 3 is 1.39 bits per heavy atom. The van der Waals surface area contributed by atoms with Crippen LogP contribution in [0.15, 0.2) is 224 Å². The summed E-state index contributed by atoms with van der Waals surface area (Å²) in [7, 11) is 0. The Morgan fingerprint density at radius 1 is 0.258 bits per heavy atom. The molecule has 10 aromatic rings. The van der Waals surface area contributed by atoms with Gasteiger partial charge in [-0.25, -0.2) is 0 Å². The molecule has 0 aromatic heterocycles. The lowest BCUT2D eigenvalue weighted by Gasteiger charge is -2.46. The van der Waals surface area contributed by atoms with Crippen LogP contribution in [-0.4, -0.2) is 0 Å². The number of hydrogen-bond acceptors (Lipinski definition) is 1. The Labute approximate surface area is 388 Å². The number of rotatable bonds is 5. The number of hydrogen-bond donors (Lipinski definition) is 0. The average Bonchev–Trinajstić information content (AvgIpc) is 3.78. The molecule has 0 fully saturated rings. The predicted octanol–water partition coefficient (Wildman–Crippen LogP) is 17.0. The Morgan fingerprint density at radius 2 is 0.682 bits per heavy atom. The predicted molar refractivity (Wildman–Crippen MR) is 276 cm³/mol. The van der Waals surface area contributed by atoms with E-state index >= 15 is 0 Å². The van der Waals surface area contributed by atoms with Gasteiger partial charge in [-0.3, -0.25) is 0 Å². The highest BCUT2D eigenvalue weighted by atomic mass is 15.1. The van der Waals surface area contributed by atoms with Crippen molar-refractivity contribution in [2.24, 2.45) is 0 Å². The van der Waals surface area contributed by atoms with Crippen molar-refractivity contribution < 1.29 is 0 Å². The van der Waals surface area contributed by atoms with E-state index in [4.69, 9.17) is 0 Å². The van der Waals surface area contributed by atoms with E-state index in [1.807, 2.05) is 0 Å². The molecule has 1 nitrogen and oxygen atoms in total. The van der Waals surface area contributed by atoms with E-state index in [9.17, 15) is 0 Å². The summed E-state index contributed by atoms with van der Waals surface area (Å²) in [6, 6.07) is 84.4. The summed E-state index contributed by atoms with van der Waals surface area (Å²) in [5.74, 6) is 0. The molecule has 0 radical (unpaired) electrons. The molecule has 0 N–H and O–H groups in total. The highest BCUT2D eigenvalue weighted by Crippen LogP contribution is 2.62. The fraction of sp³-hybridized carbons (Fsp3) is 0.108. The Balaban J connectivity index is 0.934. The third-order valence-electron chi connectivity index (χ3n) is 15.5. The average molecular weight is 844 g/mol. The highest BCUT2D eigenvalue weighted by molar-refractivity contribution is 5.95. The number of fused-ring (bicyclic) bond motifs is 13. The zero-order chi connectivity index (χ0) is 44.4. The van der Waals surface area contributed by atoms with E-state index < -0.39 is 5.41 Å². The molecule has 1 heteroatoms. The van der Waals surface area contributed by atoms with E-state index in [1.165, 1.54) is 99.8 Å². The van der Waals surface area contributed by atoms with Crippen molar-refractivity contribution in [1.82, 2.24) is 0 Å². The molecule has 0 aliphatic heterocycles. The zero-order valence-corrected chi connectivity index (χ0v) is 37.8. The summed E-state index contributed by atoms with van der Waals surface area (Å²) >= 11 is 0. The molecule has 3 aliphatic carbocycles. The van der Waals surface area contributed by atoms with Gasteiger partial charge in [0.25, 0.3) is 0 Å². The van der Waals surface area contributed by atoms with Gasteiger partial charge >= 0.3 is 0 Å². The normalized spacial score (nSPS) is 15.0. The standard InChI is InChI=1S/C65H49N/c1-63(2)55-20-10-8-18-51(55)53-37-35-50(41-61(53)63)66(48-32-28-43(29-33-48)42-16-6-5-7-17-42)49-34-30-45-38-44(26-27-46(45)39-49)47-31-36-54-52-19-9-11-21-56(52)65(62(54)40-47)59-24-14-12-22-57(59)64(3,4)58-23-13-15-25-60(58)65/h5-41H,1-4H3. The summed E-state index contributed by atoms with van der Waals surface area (Å²) in [5.41, 5.74) is 24.0. The molecule has 0 bridgehead atoms. The lowest BCUT2D eigenvalue weighted by atomic mass is 9.55. The second-order valence-corrected chi connectivity index (χ2v) is 19.7. The fourth-order valence-electron chi connectivity index (χ4n) is 12.3. The van der Waals surface area contributed by atoms with Crippen LogP contribution in [0.4, 0.5) is 17.1 Å². The van der Waals surface area contributed by atoms with Gasteiger partial charge in [-0.2, -0.15) is 0 Å². The third-order valence-corrected chi connectivity index (χ3v) is 15.5. The molecule has 0 atom stereocenters. The fourth-order valence-corrected chi connectivity index (χ4v) is 12.3. The monoisotopic (exact) mass is 843 g/mol. The van der Waals surface area contributed by atoms with E-state index in [2.05, 4.69) is 257 Å². The van der Waals surface area contributed by atoms with Crippen LogP contribution in [-0.2, 0) is 16.2 Å². The van der Waals surface area contributed by atoms with Gasteiger partial charge in [0, 0.05) is 27.9 Å². The number of nitrogens with zero attached hydrogens (tertiary/aromatic N) is 1. The van der Waals surface area contributed by atoms with Gasteiger partial charge in [0.05, 0.1) is 5.41 Å². The summed E-state index contributed by atoms with van der Waals surface area (Å²) in [5, 5.41) is 2.42. The van der Waals surface area contributed by atoms with Crippen LogP contribution in [0.3, 0.4) is 0 Å². The molecule has 66 heavy (non-hydrogen) atoms. The van der Waals surface area contributed by atoms with E-state index in [0.717, 1.165) is 17.1 Å². The first-order valence-corrected chi connectivity index (χ1v) is 23.4. The molecule has 0 amide bonds. The van der Waals surface area contributed by atoms with Crippen molar-refractivity contribution in [1.29, 1.82) is 0 Å². The maximum atomic E-state index is 2.51. The highest BCUT2D eigenvalue weighted by Gasteiger charge is 2.53. The SMILES string of the molecule is CC1(C)c2ccccc2-c2ccc(N(c3ccc(-c4ccccc4)cc3)c3ccc4cc(-c5ccc6c(c5)C5(c7ccccc7-6)c6ccccc6C(C)(C)c6ccccc65)ccc4c3)cc21. The molecule has 13 rings (SSSR count). The van der Waals surface area contributed by atoms with Crippen LogP contribution in [0.1, 0.15) is 72.2 Å². The Hall–Kier alpha value is -7.74. The van der Waals surface area contributed by atoms with Gasteiger partial charge in [-0.1, -0.05) is 204 Å². The summed E-state index contributed by atoms with van der Waals surface area (Å²) in [4.78, 5) is 2.43. The van der Waals surface area contributed by atoms with Crippen molar-refractivity contribution in [3.05, 3.63) is 269 Å². The first kappa shape index (κ1) is 38.7. The van der Waals surface area contributed by atoms with Gasteiger partial charge < -0.3 is 4.90 Å². The molecule has 0 saturated carbocycles. The summed E-state index contributed by atoms with van der Waals surface area (Å²) in [6.45, 7) is 9.51. The van der Waals surface area contributed by atoms with Gasteiger partial charge in [0.15, 0.2) is 0 Å². The van der Waals surface area contributed by atoms with Crippen molar-refractivity contribution >= 4 is 27.8 Å². The van der Waals surface area contributed by atoms with Crippen LogP contribution in [0.25, 0.3) is 55.3 Å². The molecule has 0 unspecified atom stereocenters. The van der Waals surface area contributed by atoms with Gasteiger partial charge in [0.2, 0.25) is 0 Å².